The molecule has 0 aliphatic carbocycles. The van der Waals surface area contributed by atoms with Gasteiger partial charge < -0.3 is 0 Å². The zero-order chi connectivity index (χ0) is 13.5. The van der Waals surface area contributed by atoms with Gasteiger partial charge >= 0.3 is 0 Å². The molecule has 1 aromatic heterocycles. The number of hydrogen-bond acceptors (Lipinski definition) is 2. The minimum absolute atomic E-state index is 0.297. The Bertz CT molecular complexity index is 838. The average Bonchev–Trinajstić information content (AvgIpc) is 2.83. The Hall–Kier alpha value is -1.34. The van der Waals surface area contributed by atoms with Gasteiger partial charge in [0, 0.05) is 15.2 Å². The van der Waals surface area contributed by atoms with Crippen molar-refractivity contribution >= 4 is 43.5 Å². The van der Waals surface area contributed by atoms with Crippen LogP contribution in [-0.4, -0.2) is 12.4 Å². The molecule has 3 nitrogen and oxygen atoms in total. The van der Waals surface area contributed by atoms with Crippen molar-refractivity contribution in [2.45, 2.75) is 4.90 Å². The van der Waals surface area contributed by atoms with E-state index in [-0.39, 0.29) is 0 Å². The van der Waals surface area contributed by atoms with Crippen molar-refractivity contribution in [1.82, 2.24) is 3.97 Å². The zero-order valence-electron chi connectivity index (χ0n) is 9.82. The van der Waals surface area contributed by atoms with Gasteiger partial charge in [0.2, 0.25) is 0 Å². The molecule has 19 heavy (non-hydrogen) atoms. The Kier molecular flexibility index (Phi) is 3.10. The van der Waals surface area contributed by atoms with E-state index in [1.165, 1.54) is 3.97 Å². The minimum Gasteiger partial charge on any atom is -0.241 e. The number of nitrogens with zero attached hydrogens (tertiary/aromatic N) is 1. The van der Waals surface area contributed by atoms with Crippen LogP contribution < -0.4 is 0 Å². The van der Waals surface area contributed by atoms with Crippen LogP contribution in [0.3, 0.4) is 0 Å². The maximum atomic E-state index is 12.6. The van der Waals surface area contributed by atoms with Gasteiger partial charge in [0.05, 0.1) is 10.4 Å². The zero-order valence-corrected chi connectivity index (χ0v) is 12.8. The van der Waals surface area contributed by atoms with E-state index in [0.717, 1.165) is 8.96 Å². The molecule has 96 valence electrons. The molecule has 0 bridgehead atoms. The number of aromatic nitrogens is 1. The molecule has 1 heterocycles. The molecule has 0 saturated carbocycles. The second-order valence-electron chi connectivity index (χ2n) is 4.13. The normalized spacial score (nSPS) is 11.8. The Morgan fingerprint density at radius 3 is 2.42 bits per heavy atom. The van der Waals surface area contributed by atoms with E-state index in [1.807, 2.05) is 24.3 Å². The number of halogens is 1. The van der Waals surface area contributed by atoms with Crippen LogP contribution in [0.25, 0.3) is 10.9 Å². The molecule has 5 heteroatoms. The smallest absolute Gasteiger partial charge is 0.241 e. The van der Waals surface area contributed by atoms with E-state index < -0.39 is 10.0 Å². The maximum absolute atomic E-state index is 12.6. The van der Waals surface area contributed by atoms with Crippen LogP contribution in [0.2, 0.25) is 0 Å². The quantitative estimate of drug-likeness (QED) is 0.636. The van der Waals surface area contributed by atoms with Gasteiger partial charge in [-0.25, -0.2) is 12.4 Å². The fourth-order valence-corrected chi connectivity index (χ4v) is 3.89. The summed E-state index contributed by atoms with van der Waals surface area (Å²) in [4.78, 5) is 0.297. The summed E-state index contributed by atoms with van der Waals surface area (Å²) in [6.45, 7) is 0. The fourth-order valence-electron chi connectivity index (χ4n) is 2.00. The third-order valence-electron chi connectivity index (χ3n) is 2.92. The largest absolute Gasteiger partial charge is 0.268 e. The van der Waals surface area contributed by atoms with Gasteiger partial charge in [-0.1, -0.05) is 18.2 Å². The molecule has 0 aliphatic rings. The van der Waals surface area contributed by atoms with E-state index >= 15 is 0 Å². The van der Waals surface area contributed by atoms with Gasteiger partial charge in [-0.3, -0.25) is 0 Å². The third-order valence-corrected chi connectivity index (χ3v) is 5.29. The summed E-state index contributed by atoms with van der Waals surface area (Å²) in [7, 11) is -3.52. The molecule has 2 aromatic carbocycles. The van der Waals surface area contributed by atoms with E-state index in [0.29, 0.717) is 10.4 Å². The number of benzene rings is 2. The molecule has 3 rings (SSSR count). The Morgan fingerprint density at radius 1 is 0.947 bits per heavy atom. The molecule has 0 saturated heterocycles. The molecule has 0 unspecified atom stereocenters. The van der Waals surface area contributed by atoms with E-state index in [4.69, 9.17) is 0 Å². The van der Waals surface area contributed by atoms with Crippen LogP contribution in [-0.2, 0) is 10.0 Å². The van der Waals surface area contributed by atoms with Gasteiger partial charge in [0.1, 0.15) is 0 Å². The van der Waals surface area contributed by atoms with Crippen molar-refractivity contribution in [3.8, 4) is 0 Å². The minimum atomic E-state index is -3.52. The predicted octanol–water partition coefficient (Wildman–Crippen LogP) is 3.48. The average molecular weight is 383 g/mol. The van der Waals surface area contributed by atoms with Gasteiger partial charge in [0.15, 0.2) is 0 Å². The lowest BCUT2D eigenvalue weighted by molar-refractivity contribution is 0.589. The summed E-state index contributed by atoms with van der Waals surface area (Å²) in [5.74, 6) is 0. The summed E-state index contributed by atoms with van der Waals surface area (Å²) < 4.78 is 27.5. The first kappa shape index (κ1) is 12.7. The van der Waals surface area contributed by atoms with E-state index in [1.54, 1.807) is 36.5 Å². The Balaban J connectivity index is 2.25. The molecular formula is C14H10INO2S. The van der Waals surface area contributed by atoms with Gasteiger partial charge in [-0.05, 0) is 59.0 Å². The molecule has 0 atom stereocenters. The lowest BCUT2D eigenvalue weighted by Gasteiger charge is -2.07. The second-order valence-corrected chi connectivity index (χ2v) is 7.19. The van der Waals surface area contributed by atoms with Crippen LogP contribution >= 0.6 is 22.6 Å². The highest BCUT2D eigenvalue weighted by Gasteiger charge is 2.18. The van der Waals surface area contributed by atoms with Crippen LogP contribution in [0.1, 0.15) is 0 Å². The van der Waals surface area contributed by atoms with Crippen molar-refractivity contribution in [1.29, 1.82) is 0 Å². The van der Waals surface area contributed by atoms with Crippen LogP contribution in [0.5, 0.6) is 0 Å². The van der Waals surface area contributed by atoms with Crippen molar-refractivity contribution in [3.63, 3.8) is 0 Å². The number of rotatable bonds is 2. The molecule has 0 fully saturated rings. The summed E-state index contributed by atoms with van der Waals surface area (Å²) in [5, 5.41) is 0.923. The SMILES string of the molecule is O=S(=O)(c1ccccc1)n1ccc2cc(I)ccc21. The van der Waals surface area contributed by atoms with Crippen molar-refractivity contribution in [2.24, 2.45) is 0 Å². The van der Waals surface area contributed by atoms with E-state index in [9.17, 15) is 8.42 Å². The lowest BCUT2D eigenvalue weighted by Crippen LogP contribution is -2.11. The fraction of sp³-hybridized carbons (Fsp3) is 0. The highest BCUT2D eigenvalue weighted by Crippen LogP contribution is 2.23. The van der Waals surface area contributed by atoms with Crippen molar-refractivity contribution in [2.75, 3.05) is 0 Å². The maximum Gasteiger partial charge on any atom is 0.268 e. The summed E-state index contributed by atoms with van der Waals surface area (Å²) in [6.07, 6.45) is 1.60. The summed E-state index contributed by atoms with van der Waals surface area (Å²) in [5.41, 5.74) is 0.698. The summed E-state index contributed by atoms with van der Waals surface area (Å²) in [6, 6.07) is 16.0. The van der Waals surface area contributed by atoms with Gasteiger partial charge in [-0.15, -0.1) is 0 Å². The first-order chi connectivity index (χ1) is 9.09. The lowest BCUT2D eigenvalue weighted by atomic mass is 10.3. The van der Waals surface area contributed by atoms with Crippen LogP contribution in [0.15, 0.2) is 65.7 Å². The standard InChI is InChI=1S/C14H10INO2S/c15-12-6-7-14-11(10-12)8-9-16(14)19(17,18)13-4-2-1-3-5-13/h1-10H. The van der Waals surface area contributed by atoms with Crippen molar-refractivity contribution < 1.29 is 8.42 Å². The molecule has 0 spiro atoms. The molecule has 0 N–H and O–H groups in total. The molecule has 0 amide bonds. The van der Waals surface area contributed by atoms with Gasteiger partial charge in [-0.2, -0.15) is 0 Å². The summed E-state index contributed by atoms with van der Waals surface area (Å²) >= 11 is 2.21. The topological polar surface area (TPSA) is 39.1 Å². The highest BCUT2D eigenvalue weighted by atomic mass is 127. The monoisotopic (exact) mass is 383 g/mol. The second kappa shape index (κ2) is 4.64. The van der Waals surface area contributed by atoms with E-state index in [2.05, 4.69) is 22.6 Å². The van der Waals surface area contributed by atoms with Gasteiger partial charge in [0.25, 0.3) is 10.0 Å². The molecule has 0 aliphatic heterocycles. The third kappa shape index (κ3) is 2.17. The molecule has 0 radical (unpaired) electrons. The number of fused-ring (bicyclic) bond motifs is 1. The first-order valence-electron chi connectivity index (χ1n) is 5.66. The molecular weight excluding hydrogens is 373 g/mol. The highest BCUT2D eigenvalue weighted by molar-refractivity contribution is 14.1. The van der Waals surface area contributed by atoms with Crippen LogP contribution in [0.4, 0.5) is 0 Å². The number of hydrogen-bond donors (Lipinski definition) is 0. The Labute approximate surface area is 125 Å². The van der Waals surface area contributed by atoms with Crippen molar-refractivity contribution in [3.05, 3.63) is 64.4 Å². The Morgan fingerprint density at radius 2 is 1.68 bits per heavy atom. The first-order valence-corrected chi connectivity index (χ1v) is 8.18. The van der Waals surface area contributed by atoms with Crippen LogP contribution in [0, 0.1) is 3.57 Å². The molecule has 3 aromatic rings. The predicted molar refractivity (Wildman–Crippen MR) is 83.7 cm³/mol.